The van der Waals surface area contributed by atoms with Crippen molar-refractivity contribution in [2.24, 2.45) is 0 Å². The van der Waals surface area contributed by atoms with Gasteiger partial charge in [0.25, 0.3) is 0 Å². The fourth-order valence-corrected chi connectivity index (χ4v) is 1.30. The first-order valence-corrected chi connectivity index (χ1v) is 4.99. The Morgan fingerprint density at radius 3 is 2.93 bits per heavy atom. The molecule has 0 bridgehead atoms. The zero-order valence-corrected chi connectivity index (χ0v) is 10.7. The second-order valence-electron chi connectivity index (χ2n) is 3.11. The van der Waals surface area contributed by atoms with E-state index in [1.54, 1.807) is 12.4 Å². The van der Waals surface area contributed by atoms with Gasteiger partial charge in [-0.2, -0.15) is 12.6 Å². The van der Waals surface area contributed by atoms with Crippen molar-refractivity contribution in [2.45, 2.75) is 25.7 Å². The minimum Gasteiger partial charge on any atom is -0.348 e. The van der Waals surface area contributed by atoms with Gasteiger partial charge in [0.2, 0.25) is 0 Å². The number of hydrogen-bond acceptors (Lipinski definition) is 3. The molecule has 1 atom stereocenters. The Bertz CT molecular complexity index is 264. The van der Waals surface area contributed by atoms with Crippen LogP contribution in [0.4, 0.5) is 0 Å². The fraction of sp³-hybridized carbons (Fsp3) is 0.556. The zero-order valence-electron chi connectivity index (χ0n) is 8.06. The van der Waals surface area contributed by atoms with Crippen molar-refractivity contribution in [3.05, 3.63) is 18.2 Å². The van der Waals surface area contributed by atoms with Gasteiger partial charge < -0.3 is 4.98 Å². The number of Topliss-reactive ketones (excluding diaryl/α,β-unsaturated/α-hetero) is 1. The topological polar surface area (TPSA) is 45.8 Å². The standard InChI is InChI=1S/C9H14N2OS.BrH/c1-7(2-3-8(12)6-13)9-10-4-5-11-9;/h4-5,7,13H,2-3,6H2,1H3,(H,10,11);1H. The molecule has 80 valence electrons. The number of halogens is 1. The van der Waals surface area contributed by atoms with Gasteiger partial charge in [0, 0.05) is 30.5 Å². The van der Waals surface area contributed by atoms with Crippen molar-refractivity contribution in [1.82, 2.24) is 9.97 Å². The lowest BCUT2D eigenvalue weighted by molar-refractivity contribution is -0.116. The van der Waals surface area contributed by atoms with E-state index in [4.69, 9.17) is 0 Å². The third-order valence-corrected chi connectivity index (χ3v) is 2.37. The lowest BCUT2D eigenvalue weighted by Crippen LogP contribution is -2.03. The molecular formula is C9H15BrN2OS. The summed E-state index contributed by atoms with van der Waals surface area (Å²) in [7, 11) is 0. The Labute approximate surface area is 99.9 Å². The average molecular weight is 279 g/mol. The van der Waals surface area contributed by atoms with Gasteiger partial charge in [-0.05, 0) is 6.42 Å². The maximum absolute atomic E-state index is 11.0. The minimum atomic E-state index is 0. The number of ketones is 1. The molecule has 0 aromatic carbocycles. The van der Waals surface area contributed by atoms with Crippen LogP contribution in [0.25, 0.3) is 0 Å². The lowest BCUT2D eigenvalue weighted by Gasteiger charge is -2.06. The highest BCUT2D eigenvalue weighted by Crippen LogP contribution is 2.16. The summed E-state index contributed by atoms with van der Waals surface area (Å²) in [6, 6.07) is 0. The summed E-state index contributed by atoms with van der Waals surface area (Å²) in [5.41, 5.74) is 0. The van der Waals surface area contributed by atoms with Gasteiger partial charge in [0.15, 0.2) is 0 Å². The lowest BCUT2D eigenvalue weighted by atomic mass is 10.0. The van der Waals surface area contributed by atoms with E-state index >= 15 is 0 Å². The quantitative estimate of drug-likeness (QED) is 0.813. The maximum atomic E-state index is 11.0. The highest BCUT2D eigenvalue weighted by molar-refractivity contribution is 8.93. The second-order valence-corrected chi connectivity index (χ2v) is 3.43. The third kappa shape index (κ3) is 4.28. The Morgan fingerprint density at radius 1 is 1.71 bits per heavy atom. The summed E-state index contributed by atoms with van der Waals surface area (Å²) < 4.78 is 0. The molecule has 0 aliphatic rings. The molecule has 0 saturated carbocycles. The first kappa shape index (κ1) is 13.7. The van der Waals surface area contributed by atoms with Gasteiger partial charge in [0.1, 0.15) is 11.6 Å². The number of imidazole rings is 1. The number of aromatic nitrogens is 2. The summed E-state index contributed by atoms with van der Waals surface area (Å²) in [6.07, 6.45) is 4.96. The van der Waals surface area contributed by atoms with E-state index < -0.39 is 0 Å². The van der Waals surface area contributed by atoms with Gasteiger partial charge in [0.05, 0.1) is 0 Å². The summed E-state index contributed by atoms with van der Waals surface area (Å²) >= 11 is 3.92. The first-order chi connectivity index (χ1) is 6.24. The molecule has 14 heavy (non-hydrogen) atoms. The van der Waals surface area contributed by atoms with Crippen LogP contribution in [0.5, 0.6) is 0 Å². The number of carbonyl (C=O) groups excluding carboxylic acids is 1. The van der Waals surface area contributed by atoms with Crippen LogP contribution < -0.4 is 0 Å². The maximum Gasteiger partial charge on any atom is 0.142 e. The number of carbonyl (C=O) groups is 1. The predicted molar refractivity (Wildman–Crippen MR) is 65.4 cm³/mol. The van der Waals surface area contributed by atoms with E-state index in [0.717, 1.165) is 12.2 Å². The van der Waals surface area contributed by atoms with E-state index in [1.807, 2.05) is 0 Å². The van der Waals surface area contributed by atoms with Crippen molar-refractivity contribution in [2.75, 3.05) is 5.75 Å². The van der Waals surface area contributed by atoms with E-state index in [-0.39, 0.29) is 22.8 Å². The van der Waals surface area contributed by atoms with E-state index in [2.05, 4.69) is 29.5 Å². The van der Waals surface area contributed by atoms with Crippen LogP contribution in [0.3, 0.4) is 0 Å². The molecule has 0 fully saturated rings. The van der Waals surface area contributed by atoms with Crippen LogP contribution in [0.15, 0.2) is 12.4 Å². The van der Waals surface area contributed by atoms with Crippen LogP contribution >= 0.6 is 29.6 Å². The van der Waals surface area contributed by atoms with E-state index in [9.17, 15) is 4.79 Å². The van der Waals surface area contributed by atoms with Crippen LogP contribution in [0, 0.1) is 0 Å². The smallest absolute Gasteiger partial charge is 0.142 e. The molecule has 5 heteroatoms. The average Bonchev–Trinajstić information content (AvgIpc) is 2.66. The number of rotatable bonds is 5. The molecule has 1 rings (SSSR count). The molecule has 1 heterocycles. The number of nitrogens with one attached hydrogen (secondary N) is 1. The number of aromatic amines is 1. The zero-order chi connectivity index (χ0) is 9.68. The highest BCUT2D eigenvalue weighted by atomic mass is 79.9. The molecule has 0 spiro atoms. The van der Waals surface area contributed by atoms with Gasteiger partial charge in [-0.25, -0.2) is 4.98 Å². The van der Waals surface area contributed by atoms with Crippen LogP contribution in [-0.4, -0.2) is 21.5 Å². The molecule has 1 unspecified atom stereocenters. The predicted octanol–water partition coefficient (Wildman–Crippen LogP) is 2.37. The minimum absolute atomic E-state index is 0. The van der Waals surface area contributed by atoms with Crippen LogP contribution in [0.1, 0.15) is 31.5 Å². The molecule has 0 aliphatic carbocycles. The molecule has 3 nitrogen and oxygen atoms in total. The normalized spacial score (nSPS) is 11.9. The van der Waals surface area contributed by atoms with Gasteiger partial charge in [-0.15, -0.1) is 17.0 Å². The summed E-state index contributed by atoms with van der Waals surface area (Å²) in [5.74, 6) is 1.80. The molecule has 0 saturated heterocycles. The Kier molecular flexibility index (Phi) is 6.92. The van der Waals surface area contributed by atoms with E-state index in [0.29, 0.717) is 18.1 Å². The number of H-pyrrole nitrogens is 1. The van der Waals surface area contributed by atoms with Crippen LogP contribution in [0.2, 0.25) is 0 Å². The third-order valence-electron chi connectivity index (χ3n) is 2.02. The summed E-state index contributed by atoms with van der Waals surface area (Å²) in [5, 5.41) is 0. The Balaban J connectivity index is 0.00000169. The molecule has 0 aliphatic heterocycles. The second kappa shape index (κ2) is 7.06. The Hall–Kier alpha value is -0.290. The molecule has 0 radical (unpaired) electrons. The Morgan fingerprint density at radius 2 is 2.43 bits per heavy atom. The molecular weight excluding hydrogens is 264 g/mol. The first-order valence-electron chi connectivity index (χ1n) is 4.36. The SMILES string of the molecule is Br.CC(CCC(=O)CS)c1ncc[nH]1. The van der Waals surface area contributed by atoms with Crippen molar-refractivity contribution in [3.8, 4) is 0 Å². The monoisotopic (exact) mass is 278 g/mol. The largest absolute Gasteiger partial charge is 0.348 e. The summed E-state index contributed by atoms with van der Waals surface area (Å²) in [6.45, 7) is 2.06. The number of thiol groups is 1. The van der Waals surface area contributed by atoms with Crippen molar-refractivity contribution in [1.29, 1.82) is 0 Å². The van der Waals surface area contributed by atoms with Crippen molar-refractivity contribution in [3.63, 3.8) is 0 Å². The molecule has 1 aromatic heterocycles. The van der Waals surface area contributed by atoms with E-state index in [1.165, 1.54) is 0 Å². The van der Waals surface area contributed by atoms with Gasteiger partial charge in [-0.3, -0.25) is 4.79 Å². The fourth-order valence-electron chi connectivity index (χ4n) is 1.14. The van der Waals surface area contributed by atoms with Gasteiger partial charge in [-0.1, -0.05) is 6.92 Å². The van der Waals surface area contributed by atoms with Crippen molar-refractivity contribution >= 4 is 35.4 Å². The molecule has 0 amide bonds. The molecule has 1 N–H and O–H groups in total. The number of nitrogens with zero attached hydrogens (tertiary/aromatic N) is 1. The van der Waals surface area contributed by atoms with Crippen LogP contribution in [-0.2, 0) is 4.79 Å². The highest BCUT2D eigenvalue weighted by Gasteiger charge is 2.09. The molecule has 1 aromatic rings. The van der Waals surface area contributed by atoms with Crippen molar-refractivity contribution < 1.29 is 4.79 Å². The van der Waals surface area contributed by atoms with Gasteiger partial charge >= 0.3 is 0 Å². The number of hydrogen-bond donors (Lipinski definition) is 2. The summed E-state index contributed by atoms with van der Waals surface area (Å²) in [4.78, 5) is 18.1.